The van der Waals surface area contributed by atoms with Gasteiger partial charge in [-0.25, -0.2) is 0 Å². The molecule has 0 bridgehead atoms. The van der Waals surface area contributed by atoms with Crippen molar-refractivity contribution in [2.75, 3.05) is 57.9 Å². The lowest BCUT2D eigenvalue weighted by molar-refractivity contribution is -0.0972. The van der Waals surface area contributed by atoms with E-state index in [1.807, 2.05) is 7.05 Å². The Bertz CT molecular complexity index is 607. The minimum absolute atomic E-state index is 0. The van der Waals surface area contributed by atoms with Gasteiger partial charge in [0.1, 0.15) is 0 Å². The second-order valence-corrected chi connectivity index (χ2v) is 7.40. The monoisotopic (exact) mass is 458 g/mol. The van der Waals surface area contributed by atoms with E-state index in [9.17, 15) is 0 Å². The lowest BCUT2D eigenvalue weighted by atomic mass is 9.89. The number of rotatable bonds is 3. The first-order valence-corrected chi connectivity index (χ1v) is 8.87. The third-order valence-electron chi connectivity index (χ3n) is 5.28. The van der Waals surface area contributed by atoms with Crippen LogP contribution >= 0.6 is 24.0 Å². The standard InChI is InChI=1S/C19H30N4O.HI/c1-15-6-5-7-17(16(15)2)22-8-10-23(11-9-22)18(20-4)21-12-19(3)13-24-14-19;/h5-7H,8-14H2,1-4H3,(H,20,21);1H. The minimum atomic E-state index is 0. The van der Waals surface area contributed by atoms with Crippen molar-refractivity contribution in [3.05, 3.63) is 29.3 Å². The topological polar surface area (TPSA) is 40.1 Å². The van der Waals surface area contributed by atoms with E-state index in [-0.39, 0.29) is 29.4 Å². The fraction of sp³-hybridized carbons (Fsp3) is 0.632. The van der Waals surface area contributed by atoms with Crippen LogP contribution in [0.15, 0.2) is 23.2 Å². The van der Waals surface area contributed by atoms with Crippen molar-refractivity contribution in [1.29, 1.82) is 0 Å². The van der Waals surface area contributed by atoms with Gasteiger partial charge in [-0.05, 0) is 31.0 Å². The van der Waals surface area contributed by atoms with Crippen LogP contribution in [0.3, 0.4) is 0 Å². The summed E-state index contributed by atoms with van der Waals surface area (Å²) in [4.78, 5) is 9.33. The van der Waals surface area contributed by atoms with Gasteiger partial charge >= 0.3 is 0 Å². The molecular weight excluding hydrogens is 427 g/mol. The molecule has 5 nitrogen and oxygen atoms in total. The van der Waals surface area contributed by atoms with Gasteiger partial charge < -0.3 is 19.9 Å². The molecule has 1 N–H and O–H groups in total. The molecule has 0 unspecified atom stereocenters. The van der Waals surface area contributed by atoms with Gasteiger partial charge in [-0.15, -0.1) is 24.0 Å². The van der Waals surface area contributed by atoms with E-state index in [1.165, 1.54) is 16.8 Å². The van der Waals surface area contributed by atoms with E-state index in [1.54, 1.807) is 0 Å². The molecule has 25 heavy (non-hydrogen) atoms. The fourth-order valence-electron chi connectivity index (χ4n) is 3.41. The molecule has 0 radical (unpaired) electrons. The average Bonchev–Trinajstić information content (AvgIpc) is 2.57. The Kier molecular flexibility index (Phi) is 6.96. The molecule has 3 rings (SSSR count). The maximum absolute atomic E-state index is 5.33. The van der Waals surface area contributed by atoms with Gasteiger partial charge in [0.25, 0.3) is 0 Å². The van der Waals surface area contributed by atoms with Crippen molar-refractivity contribution < 1.29 is 4.74 Å². The van der Waals surface area contributed by atoms with Gasteiger partial charge in [0.05, 0.1) is 13.2 Å². The molecular formula is C19H31IN4O. The molecule has 0 saturated carbocycles. The molecule has 0 spiro atoms. The molecule has 140 valence electrons. The maximum atomic E-state index is 5.33. The lowest BCUT2D eigenvalue weighted by Gasteiger charge is -2.41. The summed E-state index contributed by atoms with van der Waals surface area (Å²) in [6.07, 6.45) is 0. The number of anilines is 1. The summed E-state index contributed by atoms with van der Waals surface area (Å²) >= 11 is 0. The van der Waals surface area contributed by atoms with Crippen molar-refractivity contribution in [2.45, 2.75) is 20.8 Å². The van der Waals surface area contributed by atoms with E-state index >= 15 is 0 Å². The van der Waals surface area contributed by atoms with Gasteiger partial charge in [0, 0.05) is 50.9 Å². The predicted molar refractivity (Wildman–Crippen MR) is 115 cm³/mol. The summed E-state index contributed by atoms with van der Waals surface area (Å²) < 4.78 is 5.33. The second kappa shape index (κ2) is 8.58. The van der Waals surface area contributed by atoms with Crippen LogP contribution in [0.1, 0.15) is 18.1 Å². The third-order valence-corrected chi connectivity index (χ3v) is 5.28. The molecule has 0 atom stereocenters. The van der Waals surface area contributed by atoms with Gasteiger partial charge in [0.15, 0.2) is 5.96 Å². The highest BCUT2D eigenvalue weighted by atomic mass is 127. The Labute approximate surface area is 168 Å². The number of halogens is 1. The van der Waals surface area contributed by atoms with Crippen molar-refractivity contribution in [1.82, 2.24) is 10.2 Å². The number of benzene rings is 1. The summed E-state index contributed by atoms with van der Waals surface area (Å²) in [5, 5.41) is 3.53. The first kappa shape index (κ1) is 20.3. The normalized spacial score (nSPS) is 19.9. The highest BCUT2D eigenvalue weighted by Gasteiger charge is 2.34. The van der Waals surface area contributed by atoms with Crippen LogP contribution in [-0.4, -0.2) is 63.8 Å². The molecule has 6 heteroatoms. The Hall–Kier alpha value is -1.02. The Morgan fingerprint density at radius 1 is 1.20 bits per heavy atom. The van der Waals surface area contributed by atoms with Crippen LogP contribution in [0.2, 0.25) is 0 Å². The zero-order chi connectivity index (χ0) is 17.2. The highest BCUT2D eigenvalue weighted by molar-refractivity contribution is 14.0. The minimum Gasteiger partial charge on any atom is -0.380 e. The molecule has 2 aliphatic rings. The molecule has 0 aliphatic carbocycles. The fourth-order valence-corrected chi connectivity index (χ4v) is 3.41. The lowest BCUT2D eigenvalue weighted by Crippen LogP contribution is -2.56. The predicted octanol–water partition coefficient (Wildman–Crippen LogP) is 2.66. The zero-order valence-electron chi connectivity index (χ0n) is 15.8. The number of nitrogens with zero attached hydrogens (tertiary/aromatic N) is 3. The number of hydrogen-bond acceptors (Lipinski definition) is 3. The number of guanidine groups is 1. The highest BCUT2D eigenvalue weighted by Crippen LogP contribution is 2.26. The smallest absolute Gasteiger partial charge is 0.193 e. The average molecular weight is 458 g/mol. The van der Waals surface area contributed by atoms with Crippen LogP contribution in [0.25, 0.3) is 0 Å². The number of piperazine rings is 1. The Morgan fingerprint density at radius 2 is 1.88 bits per heavy atom. The van der Waals surface area contributed by atoms with Gasteiger partial charge in [-0.2, -0.15) is 0 Å². The van der Waals surface area contributed by atoms with Crippen LogP contribution in [0, 0.1) is 19.3 Å². The van der Waals surface area contributed by atoms with Crippen LogP contribution in [0.5, 0.6) is 0 Å². The largest absolute Gasteiger partial charge is 0.380 e. The number of nitrogens with one attached hydrogen (secondary N) is 1. The zero-order valence-corrected chi connectivity index (χ0v) is 18.2. The van der Waals surface area contributed by atoms with Crippen LogP contribution in [-0.2, 0) is 4.74 Å². The molecule has 1 aromatic carbocycles. The van der Waals surface area contributed by atoms with Crippen molar-refractivity contribution in [3.8, 4) is 0 Å². The van der Waals surface area contributed by atoms with Gasteiger partial charge in [-0.3, -0.25) is 4.99 Å². The summed E-state index contributed by atoms with van der Waals surface area (Å²) in [7, 11) is 1.87. The molecule has 1 aromatic rings. The summed E-state index contributed by atoms with van der Waals surface area (Å²) in [6.45, 7) is 13.3. The number of aryl methyl sites for hydroxylation is 1. The van der Waals surface area contributed by atoms with E-state index in [2.05, 4.69) is 59.1 Å². The molecule has 2 aliphatic heterocycles. The molecule has 2 saturated heterocycles. The number of hydrogen-bond donors (Lipinski definition) is 1. The van der Waals surface area contributed by atoms with E-state index in [0.717, 1.165) is 51.9 Å². The second-order valence-electron chi connectivity index (χ2n) is 7.40. The van der Waals surface area contributed by atoms with E-state index in [0.29, 0.717) is 0 Å². The van der Waals surface area contributed by atoms with Crippen molar-refractivity contribution in [3.63, 3.8) is 0 Å². The molecule has 0 aromatic heterocycles. The number of ether oxygens (including phenoxy) is 1. The number of aliphatic imine (C=N–C) groups is 1. The van der Waals surface area contributed by atoms with Crippen molar-refractivity contribution >= 4 is 35.6 Å². The van der Waals surface area contributed by atoms with E-state index in [4.69, 9.17) is 4.74 Å². The summed E-state index contributed by atoms with van der Waals surface area (Å²) in [5.74, 6) is 1.02. The van der Waals surface area contributed by atoms with Crippen LogP contribution < -0.4 is 10.2 Å². The van der Waals surface area contributed by atoms with Gasteiger partial charge in [-0.1, -0.05) is 19.1 Å². The summed E-state index contributed by atoms with van der Waals surface area (Å²) in [5.41, 5.74) is 4.39. The first-order valence-electron chi connectivity index (χ1n) is 8.87. The van der Waals surface area contributed by atoms with Crippen LogP contribution in [0.4, 0.5) is 5.69 Å². The maximum Gasteiger partial charge on any atom is 0.193 e. The first-order chi connectivity index (χ1) is 11.5. The molecule has 0 amide bonds. The SMILES string of the molecule is CN=C(NCC1(C)COC1)N1CCN(c2cccc(C)c2C)CC1.I. The molecule has 2 fully saturated rings. The third kappa shape index (κ3) is 4.58. The van der Waals surface area contributed by atoms with Gasteiger partial charge in [0.2, 0.25) is 0 Å². The summed E-state index contributed by atoms with van der Waals surface area (Å²) in [6, 6.07) is 6.58. The Morgan fingerprint density at radius 3 is 2.44 bits per heavy atom. The molecule has 2 heterocycles. The van der Waals surface area contributed by atoms with E-state index < -0.39 is 0 Å². The van der Waals surface area contributed by atoms with Crippen molar-refractivity contribution in [2.24, 2.45) is 10.4 Å². The Balaban J connectivity index is 0.00000225. The quantitative estimate of drug-likeness (QED) is 0.430.